The number of carbonyl (C=O) groups is 1. The predicted molar refractivity (Wildman–Crippen MR) is 118 cm³/mol. The number of nitrogens with zero attached hydrogens (tertiary/aromatic N) is 3. The number of rotatable bonds is 3. The number of ether oxygens (including phenoxy) is 2. The molecule has 0 atom stereocenters. The van der Waals surface area contributed by atoms with E-state index in [9.17, 15) is 13.2 Å². The lowest BCUT2D eigenvalue weighted by atomic mass is 9.98. The summed E-state index contributed by atoms with van der Waals surface area (Å²) in [4.78, 5) is 17.8. The highest BCUT2D eigenvalue weighted by Crippen LogP contribution is 2.37. The highest BCUT2D eigenvalue weighted by atomic mass is 35.5. The minimum absolute atomic E-state index is 0.208. The molecule has 0 aliphatic carbocycles. The zero-order valence-corrected chi connectivity index (χ0v) is 19.6. The first-order chi connectivity index (χ1) is 14.8. The molecule has 0 saturated carbocycles. The first-order valence-corrected chi connectivity index (χ1v) is 13.0. The van der Waals surface area contributed by atoms with Crippen molar-refractivity contribution in [3.63, 3.8) is 0 Å². The molecule has 0 unspecified atom stereocenters. The lowest BCUT2D eigenvalue weighted by Gasteiger charge is -2.29. The van der Waals surface area contributed by atoms with Gasteiger partial charge in [0.05, 0.1) is 14.6 Å². The van der Waals surface area contributed by atoms with E-state index in [0.29, 0.717) is 33.5 Å². The maximum absolute atomic E-state index is 12.8. The van der Waals surface area contributed by atoms with Crippen molar-refractivity contribution in [2.75, 3.05) is 19.9 Å². The second-order valence-electron chi connectivity index (χ2n) is 7.30. The topological polar surface area (TPSA) is 90.2 Å². The van der Waals surface area contributed by atoms with E-state index < -0.39 is 10.0 Å². The van der Waals surface area contributed by atoms with Crippen molar-refractivity contribution in [1.82, 2.24) is 8.87 Å². The quantitative estimate of drug-likeness (QED) is 0.552. The number of fused-ring (bicyclic) bond motifs is 2. The van der Waals surface area contributed by atoms with Crippen LogP contribution in [0.15, 0.2) is 33.5 Å². The normalized spacial score (nSPS) is 18.2. The van der Waals surface area contributed by atoms with Crippen LogP contribution in [0.25, 0.3) is 10.2 Å². The summed E-state index contributed by atoms with van der Waals surface area (Å²) in [6, 6.07) is 6.87. The molecule has 4 heterocycles. The van der Waals surface area contributed by atoms with Gasteiger partial charge < -0.3 is 14.0 Å². The number of thiophene rings is 1. The number of thiazole rings is 1. The Hall–Kier alpha value is -1.92. The van der Waals surface area contributed by atoms with Crippen LogP contribution in [0.3, 0.4) is 0 Å². The minimum Gasteiger partial charge on any atom is -0.454 e. The van der Waals surface area contributed by atoms with Crippen LogP contribution in [-0.4, -0.2) is 43.1 Å². The number of amides is 1. The fraction of sp³-hybridized carbons (Fsp3) is 0.368. The molecule has 0 bridgehead atoms. The number of hydrogen-bond donors (Lipinski definition) is 0. The van der Waals surface area contributed by atoms with Gasteiger partial charge in [0.25, 0.3) is 15.9 Å². The molecule has 1 aromatic carbocycles. The average Bonchev–Trinajstić information content (AvgIpc) is 3.46. The second kappa shape index (κ2) is 7.89. The molecule has 12 heteroatoms. The van der Waals surface area contributed by atoms with Crippen molar-refractivity contribution in [2.24, 2.45) is 18.0 Å². The summed E-state index contributed by atoms with van der Waals surface area (Å²) in [5, 5.41) is 0. The number of halogens is 1. The fourth-order valence-corrected chi connectivity index (χ4v) is 7.86. The van der Waals surface area contributed by atoms with Gasteiger partial charge in [-0.05, 0) is 25.0 Å². The predicted octanol–water partition coefficient (Wildman–Crippen LogP) is 3.21. The molecule has 3 aromatic rings. The molecule has 0 radical (unpaired) electrons. The molecular formula is C19H18ClN3O5S3. The van der Waals surface area contributed by atoms with Crippen molar-refractivity contribution < 1.29 is 22.7 Å². The number of benzene rings is 1. The molecule has 164 valence electrons. The molecule has 1 saturated heterocycles. The van der Waals surface area contributed by atoms with Crippen LogP contribution in [0.1, 0.15) is 12.8 Å². The smallest absolute Gasteiger partial charge is 0.252 e. The van der Waals surface area contributed by atoms with E-state index in [2.05, 4.69) is 4.99 Å². The van der Waals surface area contributed by atoms with Crippen molar-refractivity contribution >= 4 is 60.4 Å². The van der Waals surface area contributed by atoms with Gasteiger partial charge in [-0.1, -0.05) is 22.9 Å². The van der Waals surface area contributed by atoms with E-state index in [1.807, 2.05) is 23.7 Å². The number of piperidine rings is 1. The van der Waals surface area contributed by atoms with Gasteiger partial charge in [0.1, 0.15) is 4.21 Å². The molecule has 31 heavy (non-hydrogen) atoms. The van der Waals surface area contributed by atoms with Crippen LogP contribution in [0.5, 0.6) is 11.5 Å². The van der Waals surface area contributed by atoms with E-state index in [4.69, 9.17) is 21.1 Å². The maximum atomic E-state index is 12.8. The van der Waals surface area contributed by atoms with Gasteiger partial charge >= 0.3 is 0 Å². The number of sulfonamides is 1. The maximum Gasteiger partial charge on any atom is 0.252 e. The standard InChI is InChI=1S/C19H18ClN3O5S3/c1-22-12-8-13-14(28-10-27-13)9-15(12)29-19(22)21-18(24)11-4-6-23(7-5-11)31(25,26)17-3-2-16(20)30-17/h2-3,8-9,11H,4-7,10H2,1H3. The van der Waals surface area contributed by atoms with Crippen molar-refractivity contribution in [3.8, 4) is 11.5 Å². The third-order valence-corrected chi connectivity index (χ3v) is 10.1. The van der Waals surface area contributed by atoms with Gasteiger partial charge in [-0.2, -0.15) is 9.30 Å². The Morgan fingerprint density at radius 3 is 2.55 bits per heavy atom. The Labute approximate surface area is 191 Å². The third-order valence-electron chi connectivity index (χ3n) is 5.46. The number of aromatic nitrogens is 1. The lowest BCUT2D eigenvalue weighted by Crippen LogP contribution is -2.40. The highest BCUT2D eigenvalue weighted by Gasteiger charge is 2.33. The highest BCUT2D eigenvalue weighted by molar-refractivity contribution is 7.91. The lowest BCUT2D eigenvalue weighted by molar-refractivity contribution is -0.122. The number of aryl methyl sites for hydroxylation is 1. The van der Waals surface area contributed by atoms with Crippen molar-refractivity contribution in [2.45, 2.75) is 17.1 Å². The second-order valence-corrected chi connectivity index (χ2v) is 12.2. The molecule has 8 nitrogen and oxygen atoms in total. The summed E-state index contributed by atoms with van der Waals surface area (Å²) in [7, 11) is -1.72. The summed E-state index contributed by atoms with van der Waals surface area (Å²) in [5.41, 5.74) is 0.913. The molecule has 0 spiro atoms. The summed E-state index contributed by atoms with van der Waals surface area (Å²) >= 11 is 8.33. The van der Waals surface area contributed by atoms with Gasteiger partial charge in [0.15, 0.2) is 16.3 Å². The molecule has 0 N–H and O–H groups in total. The Morgan fingerprint density at radius 1 is 1.16 bits per heavy atom. The monoisotopic (exact) mass is 499 g/mol. The van der Waals surface area contributed by atoms with Gasteiger partial charge in [-0.3, -0.25) is 4.79 Å². The molecule has 2 aliphatic heterocycles. The molecule has 1 fully saturated rings. The SMILES string of the molecule is Cn1c(=NC(=O)C2CCN(S(=O)(=O)c3ccc(Cl)s3)CC2)sc2cc3c(cc21)OCO3. The van der Waals surface area contributed by atoms with Crippen LogP contribution < -0.4 is 14.3 Å². The van der Waals surface area contributed by atoms with Gasteiger partial charge in [-0.15, -0.1) is 11.3 Å². The minimum atomic E-state index is -3.58. The molecular weight excluding hydrogens is 482 g/mol. The van der Waals surface area contributed by atoms with Gasteiger partial charge in [-0.25, -0.2) is 8.42 Å². The average molecular weight is 500 g/mol. The van der Waals surface area contributed by atoms with E-state index in [0.717, 1.165) is 21.6 Å². The zero-order chi connectivity index (χ0) is 21.8. The number of hydrogen-bond acceptors (Lipinski definition) is 7. The molecule has 5 rings (SSSR count). The summed E-state index contributed by atoms with van der Waals surface area (Å²) < 4.78 is 41.2. The largest absolute Gasteiger partial charge is 0.454 e. The fourth-order valence-electron chi connectivity index (χ4n) is 3.72. The number of carbonyl (C=O) groups excluding carboxylic acids is 1. The Bertz CT molecular complexity index is 1350. The first kappa shape index (κ1) is 21.0. The summed E-state index contributed by atoms with van der Waals surface area (Å²) in [6.45, 7) is 0.771. The molecule has 1 amide bonds. The van der Waals surface area contributed by atoms with Crippen molar-refractivity contribution in [1.29, 1.82) is 0 Å². The van der Waals surface area contributed by atoms with Crippen LogP contribution in [0.2, 0.25) is 4.34 Å². The first-order valence-electron chi connectivity index (χ1n) is 9.56. The van der Waals surface area contributed by atoms with Crippen LogP contribution in [0.4, 0.5) is 0 Å². The van der Waals surface area contributed by atoms with Crippen LogP contribution in [0, 0.1) is 5.92 Å². The zero-order valence-electron chi connectivity index (χ0n) is 16.4. The summed E-state index contributed by atoms with van der Waals surface area (Å²) in [5.74, 6) is 0.839. The van der Waals surface area contributed by atoms with Gasteiger partial charge in [0, 0.05) is 38.2 Å². The summed E-state index contributed by atoms with van der Waals surface area (Å²) in [6.07, 6.45) is 0.872. The Morgan fingerprint density at radius 2 is 1.87 bits per heavy atom. The third kappa shape index (κ3) is 3.78. The van der Waals surface area contributed by atoms with E-state index >= 15 is 0 Å². The van der Waals surface area contributed by atoms with Gasteiger partial charge in [0.2, 0.25) is 6.79 Å². The van der Waals surface area contributed by atoms with Crippen LogP contribution >= 0.6 is 34.3 Å². The van der Waals surface area contributed by atoms with E-state index in [-0.39, 0.29) is 35.9 Å². The van der Waals surface area contributed by atoms with Crippen molar-refractivity contribution in [3.05, 3.63) is 33.4 Å². The molecule has 2 aromatic heterocycles. The van der Waals surface area contributed by atoms with Crippen LogP contribution in [-0.2, 0) is 21.9 Å². The molecule has 2 aliphatic rings. The Kier molecular flexibility index (Phi) is 5.33. The Balaban J connectivity index is 1.33. The van der Waals surface area contributed by atoms with E-state index in [1.165, 1.54) is 21.7 Å². The van der Waals surface area contributed by atoms with E-state index in [1.54, 1.807) is 6.07 Å².